The highest BCUT2D eigenvalue weighted by molar-refractivity contribution is 5.93. The SMILES string of the molecule is CC(=O)N(C)c1ccc(NCC2CCOCC2)c(N)c1.CC(=O)N(C)c1ccc2c(c1)nc(C(C)(C)O)n2CC1CCOCC1. The smallest absolute Gasteiger partial charge is 0.223 e. The summed E-state index contributed by atoms with van der Waals surface area (Å²) in [5.41, 5.74) is 10.0. The third-order valence-corrected chi connectivity index (χ3v) is 8.74. The minimum absolute atomic E-state index is 0.00712. The summed E-state index contributed by atoms with van der Waals surface area (Å²) < 4.78 is 12.9. The van der Waals surface area contributed by atoms with Gasteiger partial charge in [0, 0.05) is 78.8 Å². The molecule has 2 amide bonds. The number of benzene rings is 2. The molecule has 5 rings (SSSR count). The summed E-state index contributed by atoms with van der Waals surface area (Å²) in [6, 6.07) is 11.5. The Bertz CT molecular complexity index is 1450. The number of imidazole rings is 1. The number of ether oxygens (including phenoxy) is 2. The van der Waals surface area contributed by atoms with Crippen molar-refractivity contribution >= 4 is 45.6 Å². The fourth-order valence-electron chi connectivity index (χ4n) is 5.65. The number of carbonyl (C=O) groups is 2. The number of rotatable bonds is 8. The van der Waals surface area contributed by atoms with E-state index < -0.39 is 5.60 Å². The average Bonchev–Trinajstić information content (AvgIpc) is 3.39. The van der Waals surface area contributed by atoms with E-state index in [-0.39, 0.29) is 11.8 Å². The molecule has 45 heavy (non-hydrogen) atoms. The summed E-state index contributed by atoms with van der Waals surface area (Å²) >= 11 is 0. The van der Waals surface area contributed by atoms with E-state index in [0.717, 1.165) is 93.3 Å². The molecule has 0 spiro atoms. The summed E-state index contributed by atoms with van der Waals surface area (Å²) in [5, 5.41) is 14.0. The molecule has 0 saturated carbocycles. The molecule has 4 N–H and O–H groups in total. The molecule has 2 aliphatic rings. The molecule has 2 saturated heterocycles. The molecule has 0 atom stereocenters. The van der Waals surface area contributed by atoms with Crippen LogP contribution in [0.5, 0.6) is 0 Å². The van der Waals surface area contributed by atoms with Crippen molar-refractivity contribution in [3.8, 4) is 0 Å². The molecule has 11 heteroatoms. The molecule has 2 aromatic carbocycles. The van der Waals surface area contributed by atoms with Gasteiger partial charge in [-0.25, -0.2) is 4.98 Å². The number of hydrogen-bond acceptors (Lipinski definition) is 8. The van der Waals surface area contributed by atoms with E-state index in [9.17, 15) is 14.7 Å². The first-order valence-electron chi connectivity index (χ1n) is 15.9. The molecule has 11 nitrogen and oxygen atoms in total. The topological polar surface area (TPSA) is 135 Å². The van der Waals surface area contributed by atoms with Gasteiger partial charge in [-0.1, -0.05) is 0 Å². The predicted octanol–water partition coefficient (Wildman–Crippen LogP) is 4.76. The van der Waals surface area contributed by atoms with Gasteiger partial charge in [0.2, 0.25) is 11.8 Å². The van der Waals surface area contributed by atoms with Crippen molar-refractivity contribution in [2.75, 3.05) is 67.9 Å². The van der Waals surface area contributed by atoms with Crippen LogP contribution in [0.25, 0.3) is 11.0 Å². The van der Waals surface area contributed by atoms with Crippen molar-refractivity contribution < 1.29 is 24.2 Å². The van der Waals surface area contributed by atoms with Crippen molar-refractivity contribution in [1.82, 2.24) is 9.55 Å². The Kier molecular flexibility index (Phi) is 11.5. The summed E-state index contributed by atoms with van der Waals surface area (Å²) in [7, 11) is 3.49. The molecule has 0 aliphatic carbocycles. The number of carbonyl (C=O) groups excluding carboxylic acids is 2. The second-order valence-corrected chi connectivity index (χ2v) is 12.7. The number of aliphatic hydroxyl groups is 1. The van der Waals surface area contributed by atoms with Crippen LogP contribution >= 0.6 is 0 Å². The van der Waals surface area contributed by atoms with Gasteiger partial charge in [-0.05, 0) is 87.8 Å². The lowest BCUT2D eigenvalue weighted by Gasteiger charge is -2.26. The third-order valence-electron chi connectivity index (χ3n) is 8.74. The fraction of sp³-hybridized carbons (Fsp3) is 0.559. The van der Waals surface area contributed by atoms with Gasteiger partial charge in [0.05, 0.1) is 22.4 Å². The number of hydrogen-bond donors (Lipinski definition) is 3. The van der Waals surface area contributed by atoms with Crippen LogP contribution in [0.4, 0.5) is 22.7 Å². The van der Waals surface area contributed by atoms with Crippen LogP contribution < -0.4 is 20.9 Å². The third kappa shape index (κ3) is 8.96. The molecule has 2 aliphatic heterocycles. The van der Waals surface area contributed by atoms with Crippen molar-refractivity contribution in [3.63, 3.8) is 0 Å². The first-order chi connectivity index (χ1) is 21.3. The van der Waals surface area contributed by atoms with Gasteiger partial charge >= 0.3 is 0 Å². The molecule has 3 aromatic rings. The summed E-state index contributed by atoms with van der Waals surface area (Å²) in [6.45, 7) is 11.6. The lowest BCUT2D eigenvalue weighted by Crippen LogP contribution is -2.26. The van der Waals surface area contributed by atoms with Crippen LogP contribution in [0.3, 0.4) is 0 Å². The van der Waals surface area contributed by atoms with E-state index in [0.29, 0.717) is 23.3 Å². The van der Waals surface area contributed by atoms with Crippen LogP contribution in [0.1, 0.15) is 59.2 Å². The molecule has 0 unspecified atom stereocenters. The standard InChI is InChI=1S/C19H27N3O3.C15H23N3O2/c1-13(23)21(4)15-5-6-17-16(11-15)20-18(19(2,3)24)22(17)12-14-7-9-25-10-8-14;1-11(19)18(2)13-3-4-15(14(16)9-13)17-10-12-5-7-20-8-6-12/h5-6,11,14,24H,7-10,12H2,1-4H3;3-4,9,12,17H,5-8,10,16H2,1-2H3. The Labute approximate surface area is 266 Å². The Morgan fingerprint density at radius 2 is 1.47 bits per heavy atom. The molecular formula is C34H50N6O5. The molecule has 3 heterocycles. The number of aromatic nitrogens is 2. The Morgan fingerprint density at radius 3 is 2.00 bits per heavy atom. The molecular weight excluding hydrogens is 572 g/mol. The maximum atomic E-state index is 11.6. The molecule has 246 valence electrons. The number of nitrogens with zero attached hydrogens (tertiary/aromatic N) is 4. The molecule has 1 aromatic heterocycles. The van der Waals surface area contributed by atoms with Crippen molar-refractivity contribution in [2.24, 2.45) is 11.8 Å². The largest absolute Gasteiger partial charge is 0.397 e. The maximum Gasteiger partial charge on any atom is 0.223 e. The highest BCUT2D eigenvalue weighted by atomic mass is 16.5. The Morgan fingerprint density at radius 1 is 0.933 bits per heavy atom. The zero-order valence-electron chi connectivity index (χ0n) is 27.6. The predicted molar refractivity (Wildman–Crippen MR) is 180 cm³/mol. The first-order valence-corrected chi connectivity index (χ1v) is 15.9. The average molecular weight is 623 g/mol. The van der Waals surface area contributed by atoms with E-state index in [1.54, 1.807) is 37.7 Å². The lowest BCUT2D eigenvalue weighted by atomic mass is 9.99. The van der Waals surface area contributed by atoms with E-state index in [4.69, 9.17) is 20.2 Å². The zero-order chi connectivity index (χ0) is 32.7. The lowest BCUT2D eigenvalue weighted by molar-refractivity contribution is -0.117. The Balaban J connectivity index is 0.000000210. The normalized spacial score (nSPS) is 16.2. The van der Waals surface area contributed by atoms with Crippen LogP contribution in [-0.4, -0.2) is 73.5 Å². The number of fused-ring (bicyclic) bond motifs is 1. The number of nitrogens with two attached hydrogens (primary N) is 1. The van der Waals surface area contributed by atoms with Crippen LogP contribution in [0, 0.1) is 11.8 Å². The highest BCUT2D eigenvalue weighted by Crippen LogP contribution is 2.30. The van der Waals surface area contributed by atoms with Gasteiger partial charge in [0.25, 0.3) is 0 Å². The first kappa shape index (κ1) is 34.2. The summed E-state index contributed by atoms with van der Waals surface area (Å²) in [6.07, 6.45) is 4.24. The molecule has 2 fully saturated rings. The van der Waals surface area contributed by atoms with Crippen molar-refractivity contribution in [1.29, 1.82) is 0 Å². The van der Waals surface area contributed by atoms with E-state index in [1.807, 2.05) is 36.4 Å². The zero-order valence-corrected chi connectivity index (χ0v) is 27.6. The van der Waals surface area contributed by atoms with Gasteiger partial charge in [0.15, 0.2) is 0 Å². The van der Waals surface area contributed by atoms with Crippen LogP contribution in [0.2, 0.25) is 0 Å². The summed E-state index contributed by atoms with van der Waals surface area (Å²) in [5.74, 6) is 1.79. The second kappa shape index (κ2) is 15.1. The van der Waals surface area contributed by atoms with Crippen molar-refractivity contribution in [2.45, 2.75) is 65.5 Å². The minimum Gasteiger partial charge on any atom is -0.397 e. The van der Waals surface area contributed by atoms with Crippen LogP contribution in [-0.2, 0) is 31.2 Å². The van der Waals surface area contributed by atoms with Crippen LogP contribution in [0.15, 0.2) is 36.4 Å². The fourth-order valence-corrected chi connectivity index (χ4v) is 5.65. The molecule has 0 bridgehead atoms. The van der Waals surface area contributed by atoms with Gasteiger partial charge in [-0.15, -0.1) is 0 Å². The summed E-state index contributed by atoms with van der Waals surface area (Å²) in [4.78, 5) is 30.8. The second-order valence-electron chi connectivity index (χ2n) is 12.7. The van der Waals surface area contributed by atoms with Gasteiger partial charge in [-0.2, -0.15) is 0 Å². The number of anilines is 4. The maximum absolute atomic E-state index is 11.6. The number of nitrogen functional groups attached to an aromatic ring is 1. The van der Waals surface area contributed by atoms with Gasteiger partial charge in [-0.3, -0.25) is 9.59 Å². The highest BCUT2D eigenvalue weighted by Gasteiger charge is 2.27. The van der Waals surface area contributed by atoms with Gasteiger partial charge in [0.1, 0.15) is 11.4 Å². The van der Waals surface area contributed by atoms with E-state index in [2.05, 4.69) is 9.88 Å². The Hall–Kier alpha value is -3.67. The minimum atomic E-state index is -1.03. The molecule has 0 radical (unpaired) electrons. The quantitative estimate of drug-likeness (QED) is 0.306. The van der Waals surface area contributed by atoms with Crippen molar-refractivity contribution in [3.05, 3.63) is 42.2 Å². The monoisotopic (exact) mass is 622 g/mol. The number of amides is 2. The van der Waals surface area contributed by atoms with E-state index in [1.165, 1.54) is 13.8 Å². The van der Waals surface area contributed by atoms with E-state index >= 15 is 0 Å². The number of nitrogens with one attached hydrogen (secondary N) is 1. The van der Waals surface area contributed by atoms with Gasteiger partial charge < -0.3 is 40.0 Å².